The standard InChI is InChI=1S/C12H20N2OS2/c1-8-9(17-11(16)14-8)7-10(15)13-6-5-12(2,3)4/h5-7H2,1-4H3,(H,13,15)(H,14,16). The number of aromatic amines is 1. The van der Waals surface area contributed by atoms with E-state index in [9.17, 15) is 4.79 Å². The maximum absolute atomic E-state index is 11.7. The maximum Gasteiger partial charge on any atom is 0.225 e. The maximum atomic E-state index is 11.7. The van der Waals surface area contributed by atoms with Crippen molar-refractivity contribution in [1.29, 1.82) is 0 Å². The van der Waals surface area contributed by atoms with Gasteiger partial charge < -0.3 is 10.3 Å². The Morgan fingerprint density at radius 1 is 1.47 bits per heavy atom. The molecule has 3 nitrogen and oxygen atoms in total. The second-order valence-electron chi connectivity index (χ2n) is 5.40. The van der Waals surface area contributed by atoms with Gasteiger partial charge in [0.25, 0.3) is 0 Å². The molecule has 1 aromatic heterocycles. The van der Waals surface area contributed by atoms with Crippen molar-refractivity contribution < 1.29 is 4.79 Å². The molecule has 0 saturated carbocycles. The summed E-state index contributed by atoms with van der Waals surface area (Å²) < 4.78 is 0.736. The molecule has 1 rings (SSSR count). The number of aryl methyl sites for hydroxylation is 1. The number of rotatable bonds is 4. The molecule has 0 fully saturated rings. The lowest BCUT2D eigenvalue weighted by Gasteiger charge is -2.17. The molecule has 0 aliphatic rings. The van der Waals surface area contributed by atoms with Gasteiger partial charge in [-0.2, -0.15) is 0 Å². The number of aromatic nitrogens is 1. The van der Waals surface area contributed by atoms with E-state index in [1.807, 2.05) is 6.92 Å². The van der Waals surface area contributed by atoms with E-state index in [-0.39, 0.29) is 11.3 Å². The number of carbonyl (C=O) groups is 1. The Morgan fingerprint density at radius 3 is 2.59 bits per heavy atom. The van der Waals surface area contributed by atoms with Crippen molar-refractivity contribution in [3.8, 4) is 0 Å². The summed E-state index contributed by atoms with van der Waals surface area (Å²) >= 11 is 6.52. The van der Waals surface area contributed by atoms with Crippen molar-refractivity contribution in [1.82, 2.24) is 10.3 Å². The number of hydrogen-bond acceptors (Lipinski definition) is 3. The van der Waals surface area contributed by atoms with Gasteiger partial charge >= 0.3 is 0 Å². The summed E-state index contributed by atoms with van der Waals surface area (Å²) in [6, 6.07) is 0. The first-order valence-electron chi connectivity index (χ1n) is 5.73. The SMILES string of the molecule is Cc1[nH]c(=S)sc1CC(=O)NCCC(C)(C)C. The van der Waals surface area contributed by atoms with Crippen molar-refractivity contribution in [2.24, 2.45) is 5.41 Å². The summed E-state index contributed by atoms with van der Waals surface area (Å²) in [7, 11) is 0. The summed E-state index contributed by atoms with van der Waals surface area (Å²) in [5.41, 5.74) is 1.26. The van der Waals surface area contributed by atoms with Crippen molar-refractivity contribution >= 4 is 29.5 Å². The van der Waals surface area contributed by atoms with Gasteiger partial charge in [-0.1, -0.05) is 20.8 Å². The zero-order valence-electron chi connectivity index (χ0n) is 10.8. The highest BCUT2D eigenvalue weighted by Crippen LogP contribution is 2.17. The first-order valence-corrected chi connectivity index (χ1v) is 6.96. The molecule has 1 amide bonds. The van der Waals surface area contributed by atoms with Crippen LogP contribution in [0.5, 0.6) is 0 Å². The number of carbonyl (C=O) groups excluding carboxylic acids is 1. The van der Waals surface area contributed by atoms with Crippen LogP contribution < -0.4 is 5.32 Å². The van der Waals surface area contributed by atoms with Gasteiger partial charge in [0.1, 0.15) is 0 Å². The van der Waals surface area contributed by atoms with Crippen LogP contribution in [0.2, 0.25) is 0 Å². The minimum atomic E-state index is 0.0719. The number of thiazole rings is 1. The summed E-state index contributed by atoms with van der Waals surface area (Å²) in [4.78, 5) is 15.8. The molecule has 0 atom stereocenters. The van der Waals surface area contributed by atoms with Gasteiger partial charge in [0, 0.05) is 17.1 Å². The highest BCUT2D eigenvalue weighted by molar-refractivity contribution is 7.73. The van der Waals surface area contributed by atoms with Gasteiger partial charge in [-0.15, -0.1) is 11.3 Å². The predicted molar refractivity (Wildman–Crippen MR) is 75.0 cm³/mol. The highest BCUT2D eigenvalue weighted by atomic mass is 32.1. The molecule has 2 N–H and O–H groups in total. The fourth-order valence-electron chi connectivity index (χ4n) is 1.39. The van der Waals surface area contributed by atoms with E-state index in [0.29, 0.717) is 6.42 Å². The monoisotopic (exact) mass is 272 g/mol. The molecule has 1 aromatic rings. The van der Waals surface area contributed by atoms with E-state index < -0.39 is 0 Å². The molecule has 0 aromatic carbocycles. The van der Waals surface area contributed by atoms with E-state index in [1.54, 1.807) is 0 Å². The van der Waals surface area contributed by atoms with Crippen molar-refractivity contribution in [3.05, 3.63) is 14.5 Å². The van der Waals surface area contributed by atoms with Gasteiger partial charge in [-0.3, -0.25) is 4.79 Å². The zero-order chi connectivity index (χ0) is 13.1. The van der Waals surface area contributed by atoms with Crippen LogP contribution in [-0.4, -0.2) is 17.4 Å². The number of nitrogens with one attached hydrogen (secondary N) is 2. The third-order valence-corrected chi connectivity index (χ3v) is 3.78. The van der Waals surface area contributed by atoms with Crippen molar-refractivity contribution in [2.45, 2.75) is 40.5 Å². The number of amides is 1. The van der Waals surface area contributed by atoms with E-state index >= 15 is 0 Å². The average Bonchev–Trinajstić information content (AvgIpc) is 2.42. The van der Waals surface area contributed by atoms with E-state index in [1.165, 1.54) is 11.3 Å². The predicted octanol–water partition coefficient (Wildman–Crippen LogP) is 3.21. The van der Waals surface area contributed by atoms with Crippen molar-refractivity contribution in [2.75, 3.05) is 6.54 Å². The topological polar surface area (TPSA) is 44.9 Å². The van der Waals surface area contributed by atoms with E-state index in [2.05, 4.69) is 31.1 Å². The molecule has 96 valence electrons. The number of hydrogen-bond donors (Lipinski definition) is 2. The summed E-state index contributed by atoms with van der Waals surface area (Å²) in [6.07, 6.45) is 1.41. The summed E-state index contributed by atoms with van der Waals surface area (Å²) in [5.74, 6) is 0.0719. The average molecular weight is 272 g/mol. The Balaban J connectivity index is 2.40. The Kier molecular flexibility index (Phi) is 4.89. The third-order valence-electron chi connectivity index (χ3n) is 2.44. The normalized spacial score (nSPS) is 11.5. The smallest absolute Gasteiger partial charge is 0.225 e. The summed E-state index contributed by atoms with van der Waals surface area (Å²) in [6.45, 7) is 9.18. The van der Waals surface area contributed by atoms with Crippen LogP contribution in [0.15, 0.2) is 0 Å². The lowest BCUT2D eigenvalue weighted by molar-refractivity contribution is -0.120. The first-order chi connectivity index (χ1) is 7.78. The van der Waals surface area contributed by atoms with Crippen LogP contribution in [0.4, 0.5) is 0 Å². The van der Waals surface area contributed by atoms with Crippen LogP contribution in [-0.2, 0) is 11.2 Å². The second-order valence-corrected chi connectivity index (χ2v) is 7.17. The van der Waals surface area contributed by atoms with Gasteiger partial charge in [0.15, 0.2) is 3.95 Å². The van der Waals surface area contributed by atoms with Gasteiger partial charge in [-0.05, 0) is 31.0 Å². The third kappa shape index (κ3) is 5.46. The fourth-order valence-corrected chi connectivity index (χ4v) is 2.68. The molecule has 0 bridgehead atoms. The van der Waals surface area contributed by atoms with Crippen LogP contribution >= 0.6 is 23.6 Å². The molecular formula is C12H20N2OS2. The lowest BCUT2D eigenvalue weighted by atomic mass is 9.92. The Labute approximate surface area is 112 Å². The molecule has 0 saturated heterocycles. The lowest BCUT2D eigenvalue weighted by Crippen LogP contribution is -2.28. The quantitative estimate of drug-likeness (QED) is 0.827. The van der Waals surface area contributed by atoms with Crippen LogP contribution in [0, 0.1) is 16.3 Å². The molecular weight excluding hydrogens is 252 g/mol. The Morgan fingerprint density at radius 2 is 2.12 bits per heavy atom. The minimum absolute atomic E-state index is 0.0719. The molecule has 0 radical (unpaired) electrons. The molecule has 0 unspecified atom stereocenters. The number of H-pyrrole nitrogens is 1. The van der Waals surface area contributed by atoms with E-state index in [0.717, 1.165) is 27.5 Å². The minimum Gasteiger partial charge on any atom is -0.356 e. The molecule has 0 aliphatic heterocycles. The summed E-state index contributed by atoms with van der Waals surface area (Å²) in [5, 5.41) is 2.94. The van der Waals surface area contributed by atoms with E-state index in [4.69, 9.17) is 12.2 Å². The highest BCUT2D eigenvalue weighted by Gasteiger charge is 2.12. The van der Waals surface area contributed by atoms with Crippen LogP contribution in [0.3, 0.4) is 0 Å². The van der Waals surface area contributed by atoms with Crippen LogP contribution in [0.1, 0.15) is 37.8 Å². The zero-order valence-corrected chi connectivity index (χ0v) is 12.5. The van der Waals surface area contributed by atoms with Gasteiger partial charge in [-0.25, -0.2) is 0 Å². The van der Waals surface area contributed by atoms with Gasteiger partial charge in [0.2, 0.25) is 5.91 Å². The van der Waals surface area contributed by atoms with Crippen LogP contribution in [0.25, 0.3) is 0 Å². The first kappa shape index (κ1) is 14.4. The Bertz CT molecular complexity index is 440. The van der Waals surface area contributed by atoms with Gasteiger partial charge in [0.05, 0.1) is 6.42 Å². The molecule has 5 heteroatoms. The molecule has 1 heterocycles. The largest absolute Gasteiger partial charge is 0.356 e. The molecule has 0 spiro atoms. The molecule has 0 aliphatic carbocycles. The van der Waals surface area contributed by atoms with Crippen molar-refractivity contribution in [3.63, 3.8) is 0 Å². The fraction of sp³-hybridized carbons (Fsp3) is 0.667. The Hall–Kier alpha value is -0.680. The molecule has 17 heavy (non-hydrogen) atoms. The second kappa shape index (κ2) is 5.78.